The molecule has 104 valence electrons. The molecule has 1 aliphatic rings. The van der Waals surface area contributed by atoms with Crippen LogP contribution < -0.4 is 10.6 Å². The van der Waals surface area contributed by atoms with Crippen molar-refractivity contribution in [3.63, 3.8) is 0 Å². The summed E-state index contributed by atoms with van der Waals surface area (Å²) in [6, 6.07) is 7.56. The van der Waals surface area contributed by atoms with Gasteiger partial charge in [-0.3, -0.25) is 9.59 Å². The summed E-state index contributed by atoms with van der Waals surface area (Å²) in [5, 5.41) is 8.53. The second-order valence-electron chi connectivity index (χ2n) is 5.10. The third kappa shape index (κ3) is 3.17. The third-order valence-corrected chi connectivity index (χ3v) is 4.31. The van der Waals surface area contributed by atoms with Gasteiger partial charge < -0.3 is 10.6 Å². The Bertz CT molecular complexity index is 646. The van der Waals surface area contributed by atoms with Crippen molar-refractivity contribution in [1.82, 2.24) is 10.6 Å². The van der Waals surface area contributed by atoms with Crippen LogP contribution in [0.3, 0.4) is 0 Å². The lowest BCUT2D eigenvalue weighted by Crippen LogP contribution is -2.37. The summed E-state index contributed by atoms with van der Waals surface area (Å²) in [6.07, 6.45) is 2.40. The number of carbonyl (C=O) groups is 2. The molecule has 0 unspecified atom stereocenters. The summed E-state index contributed by atoms with van der Waals surface area (Å²) in [5.41, 5.74) is 0.589. The van der Waals surface area contributed by atoms with E-state index in [2.05, 4.69) is 10.6 Å². The molecule has 1 aliphatic carbocycles. The first-order valence-electron chi connectivity index (χ1n) is 6.74. The van der Waals surface area contributed by atoms with Gasteiger partial charge in [-0.05, 0) is 53.8 Å². The van der Waals surface area contributed by atoms with Crippen molar-refractivity contribution in [3.05, 3.63) is 35.2 Å². The molecule has 4 nitrogen and oxygen atoms in total. The maximum absolute atomic E-state index is 12.0. The van der Waals surface area contributed by atoms with E-state index in [1.54, 1.807) is 17.4 Å². The first-order chi connectivity index (χ1) is 9.72. The molecule has 5 heteroatoms. The number of benzene rings is 1. The zero-order valence-electron chi connectivity index (χ0n) is 11.0. The van der Waals surface area contributed by atoms with Crippen molar-refractivity contribution in [2.24, 2.45) is 5.92 Å². The SMILES string of the molecule is O=C(CNC(=O)c1ccc2sccc2c1)NCC1CC1. The van der Waals surface area contributed by atoms with E-state index in [0.717, 1.165) is 16.6 Å². The minimum Gasteiger partial charge on any atom is -0.354 e. The standard InChI is InChI=1S/C15H16N2O2S/c18-14(16-8-10-1-2-10)9-17-15(19)12-3-4-13-11(7-12)5-6-20-13/h3-7,10H,1-2,8-9H2,(H,16,18)(H,17,19). The molecular weight excluding hydrogens is 272 g/mol. The summed E-state index contributed by atoms with van der Waals surface area (Å²) in [7, 11) is 0. The molecule has 2 N–H and O–H groups in total. The fraction of sp³-hybridized carbons (Fsp3) is 0.333. The van der Waals surface area contributed by atoms with Crippen LogP contribution in [0.25, 0.3) is 10.1 Å². The van der Waals surface area contributed by atoms with Crippen LogP contribution >= 0.6 is 11.3 Å². The van der Waals surface area contributed by atoms with Gasteiger partial charge in [-0.2, -0.15) is 0 Å². The molecule has 0 bridgehead atoms. The molecule has 2 amide bonds. The largest absolute Gasteiger partial charge is 0.354 e. The Kier molecular flexibility index (Phi) is 3.69. The molecule has 0 saturated heterocycles. The maximum Gasteiger partial charge on any atom is 0.251 e. The molecule has 1 aromatic heterocycles. The Balaban J connectivity index is 1.53. The second-order valence-corrected chi connectivity index (χ2v) is 6.05. The lowest BCUT2D eigenvalue weighted by atomic mass is 10.1. The van der Waals surface area contributed by atoms with E-state index in [1.165, 1.54) is 12.8 Å². The molecule has 2 aromatic rings. The first kappa shape index (κ1) is 13.1. The van der Waals surface area contributed by atoms with Gasteiger partial charge in [-0.25, -0.2) is 0 Å². The van der Waals surface area contributed by atoms with Gasteiger partial charge in [0.15, 0.2) is 0 Å². The number of nitrogens with one attached hydrogen (secondary N) is 2. The first-order valence-corrected chi connectivity index (χ1v) is 7.62. The average Bonchev–Trinajstić information content (AvgIpc) is 3.17. The van der Waals surface area contributed by atoms with Gasteiger partial charge >= 0.3 is 0 Å². The van der Waals surface area contributed by atoms with Crippen molar-refractivity contribution >= 4 is 33.2 Å². The summed E-state index contributed by atoms with van der Waals surface area (Å²) < 4.78 is 1.16. The van der Waals surface area contributed by atoms with Crippen LogP contribution in [-0.2, 0) is 4.79 Å². The molecule has 1 saturated carbocycles. The molecule has 1 fully saturated rings. The Morgan fingerprint density at radius 1 is 1.20 bits per heavy atom. The zero-order chi connectivity index (χ0) is 13.9. The monoisotopic (exact) mass is 288 g/mol. The summed E-state index contributed by atoms with van der Waals surface area (Å²) in [5.74, 6) is 0.317. The van der Waals surface area contributed by atoms with Crippen LogP contribution in [0.1, 0.15) is 23.2 Å². The predicted molar refractivity (Wildman–Crippen MR) is 79.9 cm³/mol. The van der Waals surface area contributed by atoms with Gasteiger partial charge in [0.25, 0.3) is 5.91 Å². The normalized spacial score (nSPS) is 14.2. The highest BCUT2D eigenvalue weighted by molar-refractivity contribution is 7.17. The molecular formula is C15H16N2O2S. The van der Waals surface area contributed by atoms with Crippen LogP contribution in [0, 0.1) is 5.92 Å². The number of hydrogen-bond donors (Lipinski definition) is 2. The van der Waals surface area contributed by atoms with Crippen molar-refractivity contribution in [2.75, 3.05) is 13.1 Å². The fourth-order valence-corrected chi connectivity index (χ4v) is 2.78. The average molecular weight is 288 g/mol. The Morgan fingerprint density at radius 3 is 2.85 bits per heavy atom. The van der Waals surface area contributed by atoms with Gasteiger partial charge in [0.05, 0.1) is 6.54 Å². The van der Waals surface area contributed by atoms with Gasteiger partial charge in [0.1, 0.15) is 0 Å². The summed E-state index contributed by atoms with van der Waals surface area (Å²) in [6.45, 7) is 0.767. The van der Waals surface area contributed by atoms with Crippen LogP contribution in [0.15, 0.2) is 29.6 Å². The lowest BCUT2D eigenvalue weighted by Gasteiger charge is -2.06. The zero-order valence-corrected chi connectivity index (χ0v) is 11.8. The smallest absolute Gasteiger partial charge is 0.251 e. The maximum atomic E-state index is 12.0. The van der Waals surface area contributed by atoms with Gasteiger partial charge in [0.2, 0.25) is 5.91 Å². The number of amides is 2. The van der Waals surface area contributed by atoms with E-state index in [-0.39, 0.29) is 18.4 Å². The van der Waals surface area contributed by atoms with E-state index in [4.69, 9.17) is 0 Å². The van der Waals surface area contributed by atoms with Gasteiger partial charge in [-0.15, -0.1) is 11.3 Å². The lowest BCUT2D eigenvalue weighted by molar-refractivity contribution is -0.120. The van der Waals surface area contributed by atoms with Crippen LogP contribution in [0.5, 0.6) is 0 Å². The highest BCUT2D eigenvalue weighted by Gasteiger charge is 2.21. The van der Waals surface area contributed by atoms with Crippen LogP contribution in [0.2, 0.25) is 0 Å². The Morgan fingerprint density at radius 2 is 2.05 bits per heavy atom. The van der Waals surface area contributed by atoms with Crippen molar-refractivity contribution < 1.29 is 9.59 Å². The molecule has 3 rings (SSSR count). The van der Waals surface area contributed by atoms with E-state index in [1.807, 2.05) is 23.6 Å². The topological polar surface area (TPSA) is 58.2 Å². The van der Waals surface area contributed by atoms with Crippen LogP contribution in [-0.4, -0.2) is 24.9 Å². The number of carbonyl (C=O) groups excluding carboxylic acids is 2. The molecule has 20 heavy (non-hydrogen) atoms. The molecule has 0 radical (unpaired) electrons. The van der Waals surface area contributed by atoms with Crippen molar-refractivity contribution in [3.8, 4) is 0 Å². The molecule has 0 spiro atoms. The summed E-state index contributed by atoms with van der Waals surface area (Å²) in [4.78, 5) is 23.5. The van der Waals surface area contributed by atoms with Crippen LogP contribution in [0.4, 0.5) is 0 Å². The minimum absolute atomic E-state index is 0.0349. The molecule has 0 aliphatic heterocycles. The van der Waals surface area contributed by atoms with Gasteiger partial charge in [0, 0.05) is 16.8 Å². The Labute approximate surface area is 121 Å². The van der Waals surface area contributed by atoms with Crippen molar-refractivity contribution in [2.45, 2.75) is 12.8 Å². The summed E-state index contributed by atoms with van der Waals surface area (Å²) >= 11 is 1.65. The van der Waals surface area contributed by atoms with Gasteiger partial charge in [-0.1, -0.05) is 0 Å². The number of thiophene rings is 1. The van der Waals surface area contributed by atoms with E-state index in [9.17, 15) is 9.59 Å². The quantitative estimate of drug-likeness (QED) is 0.885. The predicted octanol–water partition coefficient (Wildman–Crippen LogP) is 2.16. The van der Waals surface area contributed by atoms with Crippen molar-refractivity contribution in [1.29, 1.82) is 0 Å². The van der Waals surface area contributed by atoms with E-state index >= 15 is 0 Å². The number of rotatable bonds is 5. The van der Waals surface area contributed by atoms with E-state index in [0.29, 0.717) is 11.5 Å². The molecule has 1 heterocycles. The number of hydrogen-bond acceptors (Lipinski definition) is 3. The van der Waals surface area contributed by atoms with E-state index < -0.39 is 0 Å². The highest BCUT2D eigenvalue weighted by atomic mass is 32.1. The third-order valence-electron chi connectivity index (χ3n) is 3.41. The number of fused-ring (bicyclic) bond motifs is 1. The molecule has 0 atom stereocenters. The Hall–Kier alpha value is -1.88. The minimum atomic E-state index is -0.209. The molecule has 1 aromatic carbocycles. The highest BCUT2D eigenvalue weighted by Crippen LogP contribution is 2.27. The fourth-order valence-electron chi connectivity index (χ4n) is 2.01. The second kappa shape index (κ2) is 5.63.